The maximum atomic E-state index is 13.1. The molecule has 2 aromatic carbocycles. The monoisotopic (exact) mass is 407 g/mol. The summed E-state index contributed by atoms with van der Waals surface area (Å²) < 4.78 is 22.8. The highest BCUT2D eigenvalue weighted by atomic mass is 16.5. The van der Waals surface area contributed by atoms with Crippen molar-refractivity contribution < 1.29 is 18.6 Å². The highest BCUT2D eigenvalue weighted by Crippen LogP contribution is 2.41. The molecule has 0 amide bonds. The maximum Gasteiger partial charge on any atom is 0.197 e. The Morgan fingerprint density at radius 2 is 1.70 bits per heavy atom. The van der Waals surface area contributed by atoms with Gasteiger partial charge in [0.1, 0.15) is 28.4 Å². The Hall–Kier alpha value is -3.25. The fourth-order valence-electron chi connectivity index (χ4n) is 3.80. The first kappa shape index (κ1) is 20.0. The van der Waals surface area contributed by atoms with Crippen molar-refractivity contribution in [1.82, 2.24) is 4.90 Å². The minimum Gasteiger partial charge on any atom is -0.497 e. The third-order valence-electron chi connectivity index (χ3n) is 5.48. The smallest absolute Gasteiger partial charge is 0.197 e. The van der Waals surface area contributed by atoms with E-state index in [4.69, 9.17) is 18.6 Å². The third-order valence-corrected chi connectivity index (χ3v) is 5.48. The molecule has 0 bridgehead atoms. The predicted octanol–water partition coefficient (Wildman–Crippen LogP) is 4.20. The molecule has 1 aliphatic heterocycles. The maximum absolute atomic E-state index is 13.1. The molecule has 0 atom stereocenters. The van der Waals surface area contributed by atoms with Crippen LogP contribution in [0.1, 0.15) is 12.0 Å². The Bertz CT molecular complexity index is 1160. The van der Waals surface area contributed by atoms with Gasteiger partial charge in [-0.25, -0.2) is 0 Å². The lowest BCUT2D eigenvalue weighted by Crippen LogP contribution is -2.24. The minimum atomic E-state index is -0.156. The normalized spacial score (nSPS) is 14.5. The zero-order valence-electron chi connectivity index (χ0n) is 17.7. The molecule has 0 unspecified atom stereocenters. The van der Waals surface area contributed by atoms with Crippen LogP contribution in [0.15, 0.2) is 51.7 Å². The minimum absolute atomic E-state index is 0.156. The standard InChI is InChI=1S/C24H25NO5/c1-25-11-9-16(10-12-25)22-20(28-3)14-21(29-4)23-18(26)13-19(30-24(22)23)15-5-7-17(27-2)8-6-15/h5-9,13-14H,10-12H2,1-4H3. The summed E-state index contributed by atoms with van der Waals surface area (Å²) in [5.41, 5.74) is 3.04. The van der Waals surface area contributed by atoms with Gasteiger partial charge in [0, 0.05) is 30.8 Å². The summed E-state index contributed by atoms with van der Waals surface area (Å²) in [7, 11) is 6.86. The van der Waals surface area contributed by atoms with E-state index in [0.29, 0.717) is 28.2 Å². The summed E-state index contributed by atoms with van der Waals surface area (Å²) in [5.74, 6) is 2.29. The predicted molar refractivity (Wildman–Crippen MR) is 118 cm³/mol. The lowest BCUT2D eigenvalue weighted by Gasteiger charge is -2.24. The van der Waals surface area contributed by atoms with Gasteiger partial charge in [0.15, 0.2) is 11.0 Å². The van der Waals surface area contributed by atoms with Crippen molar-refractivity contribution in [1.29, 1.82) is 0 Å². The first-order valence-electron chi connectivity index (χ1n) is 9.81. The largest absolute Gasteiger partial charge is 0.497 e. The van der Waals surface area contributed by atoms with Crippen molar-refractivity contribution in [3.8, 4) is 28.6 Å². The van der Waals surface area contributed by atoms with Gasteiger partial charge in [-0.1, -0.05) is 6.08 Å². The van der Waals surface area contributed by atoms with Crippen LogP contribution in [-0.4, -0.2) is 46.4 Å². The average molecular weight is 407 g/mol. The third kappa shape index (κ3) is 3.55. The van der Waals surface area contributed by atoms with Crippen molar-refractivity contribution in [3.63, 3.8) is 0 Å². The van der Waals surface area contributed by atoms with Crippen molar-refractivity contribution in [2.75, 3.05) is 41.5 Å². The molecule has 1 aliphatic rings. The molecule has 6 heteroatoms. The molecular formula is C24H25NO5. The molecule has 3 aromatic rings. The van der Waals surface area contributed by atoms with Crippen LogP contribution >= 0.6 is 0 Å². The van der Waals surface area contributed by atoms with Crippen LogP contribution in [0.25, 0.3) is 27.9 Å². The number of nitrogens with zero attached hydrogens (tertiary/aromatic N) is 1. The second kappa shape index (κ2) is 8.24. The number of hydrogen-bond donors (Lipinski definition) is 0. The Morgan fingerprint density at radius 3 is 2.30 bits per heavy atom. The van der Waals surface area contributed by atoms with Crippen LogP contribution < -0.4 is 19.6 Å². The quantitative estimate of drug-likeness (QED) is 0.632. The van der Waals surface area contributed by atoms with Gasteiger partial charge in [-0.15, -0.1) is 0 Å². The molecule has 2 heterocycles. The van der Waals surface area contributed by atoms with Crippen LogP contribution in [0.2, 0.25) is 0 Å². The van der Waals surface area contributed by atoms with Crippen LogP contribution in [0.4, 0.5) is 0 Å². The summed E-state index contributed by atoms with van der Waals surface area (Å²) in [4.78, 5) is 15.4. The van der Waals surface area contributed by atoms with E-state index in [2.05, 4.69) is 18.0 Å². The first-order valence-corrected chi connectivity index (χ1v) is 9.81. The highest BCUT2D eigenvalue weighted by molar-refractivity contribution is 5.97. The van der Waals surface area contributed by atoms with Gasteiger partial charge in [0.05, 0.1) is 26.9 Å². The van der Waals surface area contributed by atoms with Crippen LogP contribution in [-0.2, 0) is 0 Å². The van der Waals surface area contributed by atoms with E-state index in [1.165, 1.54) is 6.07 Å². The summed E-state index contributed by atoms with van der Waals surface area (Å²) in [6.45, 7) is 1.75. The lowest BCUT2D eigenvalue weighted by molar-refractivity contribution is 0.368. The summed E-state index contributed by atoms with van der Waals surface area (Å²) in [6.07, 6.45) is 3.00. The fraction of sp³-hybridized carbons (Fsp3) is 0.292. The molecule has 0 aliphatic carbocycles. The molecule has 0 spiro atoms. The van der Waals surface area contributed by atoms with Crippen LogP contribution in [0, 0.1) is 0 Å². The van der Waals surface area contributed by atoms with E-state index in [-0.39, 0.29) is 5.43 Å². The molecule has 0 fully saturated rings. The van der Waals surface area contributed by atoms with E-state index in [1.807, 2.05) is 24.3 Å². The Kier molecular flexibility index (Phi) is 5.50. The topological polar surface area (TPSA) is 61.1 Å². The molecule has 1 aromatic heterocycles. The fourth-order valence-corrected chi connectivity index (χ4v) is 3.80. The zero-order chi connectivity index (χ0) is 21.3. The van der Waals surface area contributed by atoms with Gasteiger partial charge in [-0.3, -0.25) is 4.79 Å². The zero-order valence-corrected chi connectivity index (χ0v) is 17.7. The summed E-state index contributed by atoms with van der Waals surface area (Å²) in [6, 6.07) is 10.7. The number of hydrogen-bond acceptors (Lipinski definition) is 6. The number of likely N-dealkylation sites (N-methyl/N-ethyl adjacent to an activating group) is 1. The molecule has 156 valence electrons. The van der Waals surface area contributed by atoms with Gasteiger partial charge < -0.3 is 23.5 Å². The van der Waals surface area contributed by atoms with Crippen molar-refractivity contribution in [3.05, 3.63) is 58.3 Å². The van der Waals surface area contributed by atoms with E-state index in [9.17, 15) is 4.79 Å². The van der Waals surface area contributed by atoms with Crippen LogP contribution in [0.3, 0.4) is 0 Å². The number of ether oxygens (including phenoxy) is 3. The molecule has 6 nitrogen and oxygen atoms in total. The van der Waals surface area contributed by atoms with Gasteiger partial charge in [0.25, 0.3) is 0 Å². The van der Waals surface area contributed by atoms with E-state index in [0.717, 1.165) is 42.0 Å². The molecular weight excluding hydrogens is 382 g/mol. The lowest BCUT2D eigenvalue weighted by atomic mass is 9.95. The van der Waals surface area contributed by atoms with Gasteiger partial charge >= 0.3 is 0 Å². The van der Waals surface area contributed by atoms with E-state index >= 15 is 0 Å². The second-order valence-corrected chi connectivity index (χ2v) is 7.31. The first-order chi connectivity index (χ1) is 14.5. The van der Waals surface area contributed by atoms with Gasteiger partial charge in [-0.2, -0.15) is 0 Å². The summed E-state index contributed by atoms with van der Waals surface area (Å²) >= 11 is 0. The molecule has 0 radical (unpaired) electrons. The molecule has 0 saturated heterocycles. The van der Waals surface area contributed by atoms with Crippen molar-refractivity contribution in [2.45, 2.75) is 6.42 Å². The molecule has 30 heavy (non-hydrogen) atoms. The van der Waals surface area contributed by atoms with Crippen molar-refractivity contribution >= 4 is 16.5 Å². The molecule has 4 rings (SSSR count). The van der Waals surface area contributed by atoms with Crippen molar-refractivity contribution in [2.24, 2.45) is 0 Å². The van der Waals surface area contributed by atoms with E-state index in [1.54, 1.807) is 27.4 Å². The molecule has 0 N–H and O–H groups in total. The Morgan fingerprint density at radius 1 is 0.967 bits per heavy atom. The average Bonchev–Trinajstić information content (AvgIpc) is 2.78. The Labute approximate surface area is 175 Å². The number of methoxy groups -OCH3 is 3. The SMILES string of the molecule is COc1ccc(-c2cc(=O)c3c(OC)cc(OC)c(C4=CCN(C)CC4)c3o2)cc1. The Balaban J connectivity index is 2.00. The van der Waals surface area contributed by atoms with Crippen LogP contribution in [0.5, 0.6) is 17.2 Å². The highest BCUT2D eigenvalue weighted by Gasteiger charge is 2.23. The second-order valence-electron chi connectivity index (χ2n) is 7.31. The number of fused-ring (bicyclic) bond motifs is 1. The summed E-state index contributed by atoms with van der Waals surface area (Å²) in [5, 5.41) is 0.422. The van der Waals surface area contributed by atoms with E-state index < -0.39 is 0 Å². The van der Waals surface area contributed by atoms with Gasteiger partial charge in [-0.05, 0) is 43.3 Å². The number of benzene rings is 2. The molecule has 0 saturated carbocycles. The number of rotatable bonds is 5. The van der Waals surface area contributed by atoms with Gasteiger partial charge in [0.2, 0.25) is 0 Å².